The molecule has 0 aromatic heterocycles. The summed E-state index contributed by atoms with van der Waals surface area (Å²) in [6.07, 6.45) is -4.63. The Labute approximate surface area is 170 Å². The third kappa shape index (κ3) is 3.22. The first-order valence-corrected chi connectivity index (χ1v) is 9.25. The molecule has 0 N–H and O–H groups in total. The first-order valence-electron chi connectivity index (χ1n) is 9.25. The summed E-state index contributed by atoms with van der Waals surface area (Å²) in [6, 6.07) is 1.74. The van der Waals surface area contributed by atoms with Gasteiger partial charge in [0.2, 0.25) is 12.3 Å². The summed E-state index contributed by atoms with van der Waals surface area (Å²) in [6.45, 7) is 4.63. The van der Waals surface area contributed by atoms with Gasteiger partial charge in [-0.1, -0.05) is 0 Å². The number of likely N-dealkylation sites (tertiary alicyclic amines) is 1. The zero-order valence-corrected chi connectivity index (χ0v) is 16.9. The summed E-state index contributed by atoms with van der Waals surface area (Å²) in [5, 5.41) is 0. The highest BCUT2D eigenvalue weighted by Crippen LogP contribution is 2.51. The third-order valence-electron chi connectivity index (χ3n) is 5.37. The van der Waals surface area contributed by atoms with Gasteiger partial charge in [0.1, 0.15) is 11.4 Å². The van der Waals surface area contributed by atoms with Gasteiger partial charge in [-0.25, -0.2) is 0 Å². The molecule has 0 aliphatic carbocycles. The Morgan fingerprint density at radius 1 is 1.20 bits per heavy atom. The van der Waals surface area contributed by atoms with E-state index in [4.69, 9.17) is 4.74 Å². The smallest absolute Gasteiger partial charge is 0.458 e. The van der Waals surface area contributed by atoms with Crippen molar-refractivity contribution >= 4 is 18.0 Å². The van der Waals surface area contributed by atoms with Crippen LogP contribution >= 0.6 is 0 Å². The van der Waals surface area contributed by atoms with Gasteiger partial charge in [0.25, 0.3) is 0 Å². The SMILES string of the molecule is Cc1c(C(F)(F)C(F)(F)F)ccc2c1C(N1CCCC1=O)=C(N(C)C=O)C(C)(C)O2. The monoisotopic (exact) mass is 432 g/mol. The predicted molar refractivity (Wildman–Crippen MR) is 97.5 cm³/mol. The molecule has 0 spiro atoms. The van der Waals surface area contributed by atoms with Gasteiger partial charge in [-0.2, -0.15) is 22.0 Å². The van der Waals surface area contributed by atoms with Gasteiger partial charge in [0.15, 0.2) is 0 Å². The average molecular weight is 432 g/mol. The Morgan fingerprint density at radius 2 is 1.83 bits per heavy atom. The van der Waals surface area contributed by atoms with E-state index in [1.54, 1.807) is 13.8 Å². The van der Waals surface area contributed by atoms with E-state index in [1.807, 2.05) is 0 Å². The van der Waals surface area contributed by atoms with Gasteiger partial charge in [0.05, 0.1) is 11.4 Å². The Morgan fingerprint density at radius 3 is 2.33 bits per heavy atom. The van der Waals surface area contributed by atoms with Gasteiger partial charge < -0.3 is 14.5 Å². The number of rotatable bonds is 4. The fourth-order valence-corrected chi connectivity index (χ4v) is 4.08. The number of likely N-dealkylation sites (N-methyl/N-ethyl adjacent to an activating group) is 1. The molecule has 5 nitrogen and oxygen atoms in total. The largest absolute Gasteiger partial charge is 0.481 e. The standard InChI is InChI=1S/C20H21F5N2O3/c1-11-12(19(21,22)20(23,24)25)7-8-13-15(11)16(27-9-5-6-14(27)29)17(26(4)10-28)18(2,3)30-13/h7-8,10H,5-6,9H2,1-4H3. The van der Waals surface area contributed by atoms with E-state index in [0.717, 1.165) is 17.9 Å². The molecule has 2 amide bonds. The molecular weight excluding hydrogens is 411 g/mol. The number of amides is 2. The number of nitrogens with zero attached hydrogens (tertiary/aromatic N) is 2. The normalized spacial score (nSPS) is 19.0. The molecule has 1 aromatic rings. The summed E-state index contributed by atoms with van der Waals surface area (Å²) >= 11 is 0. The van der Waals surface area contributed by atoms with E-state index in [9.17, 15) is 31.5 Å². The van der Waals surface area contributed by atoms with Crippen molar-refractivity contribution in [3.8, 4) is 5.75 Å². The fraction of sp³-hybridized carbons (Fsp3) is 0.500. The molecule has 10 heteroatoms. The molecule has 30 heavy (non-hydrogen) atoms. The maximum Gasteiger partial charge on any atom is 0.458 e. The van der Waals surface area contributed by atoms with Crippen LogP contribution in [0.1, 0.15) is 43.4 Å². The van der Waals surface area contributed by atoms with Crippen LogP contribution in [-0.2, 0) is 15.5 Å². The number of fused-ring (bicyclic) bond motifs is 1. The van der Waals surface area contributed by atoms with Crippen LogP contribution in [0.5, 0.6) is 5.75 Å². The molecule has 0 bridgehead atoms. The number of hydrogen-bond donors (Lipinski definition) is 0. The van der Waals surface area contributed by atoms with Crippen LogP contribution in [0.4, 0.5) is 22.0 Å². The van der Waals surface area contributed by atoms with Gasteiger partial charge in [0, 0.05) is 31.1 Å². The average Bonchev–Trinajstić information content (AvgIpc) is 3.04. The van der Waals surface area contributed by atoms with E-state index >= 15 is 0 Å². The van der Waals surface area contributed by atoms with Gasteiger partial charge in [-0.3, -0.25) is 9.59 Å². The van der Waals surface area contributed by atoms with Crippen molar-refractivity contribution < 1.29 is 36.3 Å². The fourth-order valence-electron chi connectivity index (χ4n) is 4.08. The topological polar surface area (TPSA) is 49.9 Å². The van der Waals surface area contributed by atoms with E-state index in [-0.39, 0.29) is 47.1 Å². The molecule has 2 aliphatic heterocycles. The van der Waals surface area contributed by atoms with Crippen LogP contribution in [0.2, 0.25) is 0 Å². The molecule has 1 aromatic carbocycles. The molecule has 1 saturated heterocycles. The van der Waals surface area contributed by atoms with Crippen molar-refractivity contribution in [2.24, 2.45) is 0 Å². The Hall–Kier alpha value is -2.65. The molecule has 2 aliphatic rings. The van der Waals surface area contributed by atoms with E-state index in [1.165, 1.54) is 11.9 Å². The lowest BCUT2D eigenvalue weighted by atomic mass is 9.87. The number of carbonyl (C=O) groups excluding carboxylic acids is 2. The number of benzene rings is 1. The quantitative estimate of drug-likeness (QED) is 0.529. The lowest BCUT2D eigenvalue weighted by molar-refractivity contribution is -0.289. The summed E-state index contributed by atoms with van der Waals surface area (Å²) in [5.74, 6) is -5.34. The van der Waals surface area contributed by atoms with Crippen molar-refractivity contribution in [1.29, 1.82) is 0 Å². The minimum atomic E-state index is -5.80. The van der Waals surface area contributed by atoms with Crippen LogP contribution in [0.15, 0.2) is 17.8 Å². The number of hydrogen-bond acceptors (Lipinski definition) is 3. The predicted octanol–water partition coefficient (Wildman–Crippen LogP) is 4.20. The summed E-state index contributed by atoms with van der Waals surface area (Å²) < 4.78 is 73.5. The van der Waals surface area contributed by atoms with E-state index in [2.05, 4.69) is 0 Å². The van der Waals surface area contributed by atoms with Crippen molar-refractivity contribution in [2.45, 2.75) is 51.3 Å². The van der Waals surface area contributed by atoms with Crippen molar-refractivity contribution in [1.82, 2.24) is 9.80 Å². The summed E-state index contributed by atoms with van der Waals surface area (Å²) in [7, 11) is 1.41. The lowest BCUT2D eigenvalue weighted by Crippen LogP contribution is -2.45. The maximum atomic E-state index is 14.2. The first-order chi connectivity index (χ1) is 13.7. The Balaban J connectivity index is 2.39. The Bertz CT molecular complexity index is 937. The van der Waals surface area contributed by atoms with Crippen LogP contribution in [0.3, 0.4) is 0 Å². The van der Waals surface area contributed by atoms with Crippen molar-refractivity contribution in [3.63, 3.8) is 0 Å². The molecular formula is C20H21F5N2O3. The number of alkyl halides is 5. The second kappa shape index (κ2) is 6.95. The number of halogens is 5. The minimum absolute atomic E-state index is 0.0466. The lowest BCUT2D eigenvalue weighted by Gasteiger charge is -2.42. The van der Waals surface area contributed by atoms with Crippen LogP contribution in [0, 0.1) is 6.92 Å². The van der Waals surface area contributed by atoms with Gasteiger partial charge >= 0.3 is 12.1 Å². The second-order valence-corrected chi connectivity index (χ2v) is 7.86. The maximum absolute atomic E-state index is 14.2. The van der Waals surface area contributed by atoms with Crippen LogP contribution in [0.25, 0.3) is 5.70 Å². The molecule has 1 fully saturated rings. The van der Waals surface area contributed by atoms with Gasteiger partial charge in [-0.15, -0.1) is 0 Å². The minimum Gasteiger partial charge on any atom is -0.481 e. The molecule has 3 rings (SSSR count). The highest BCUT2D eigenvalue weighted by Gasteiger charge is 2.60. The zero-order chi connectivity index (χ0) is 22.6. The third-order valence-corrected chi connectivity index (χ3v) is 5.37. The van der Waals surface area contributed by atoms with Crippen LogP contribution < -0.4 is 4.74 Å². The Kier molecular flexibility index (Phi) is 5.11. The van der Waals surface area contributed by atoms with Crippen molar-refractivity contribution in [3.05, 3.63) is 34.5 Å². The van der Waals surface area contributed by atoms with E-state index in [0.29, 0.717) is 18.9 Å². The van der Waals surface area contributed by atoms with Crippen LogP contribution in [-0.4, -0.2) is 47.5 Å². The van der Waals surface area contributed by atoms with Gasteiger partial charge in [-0.05, 0) is 44.9 Å². The first kappa shape index (κ1) is 22.0. The number of carbonyl (C=O) groups is 2. The zero-order valence-electron chi connectivity index (χ0n) is 16.9. The molecule has 0 radical (unpaired) electrons. The van der Waals surface area contributed by atoms with E-state index < -0.39 is 23.3 Å². The molecule has 2 heterocycles. The highest BCUT2D eigenvalue weighted by molar-refractivity contribution is 5.92. The molecule has 0 unspecified atom stereocenters. The second-order valence-electron chi connectivity index (χ2n) is 7.86. The van der Waals surface area contributed by atoms with Crippen molar-refractivity contribution in [2.75, 3.05) is 13.6 Å². The summed E-state index contributed by atoms with van der Waals surface area (Å²) in [4.78, 5) is 26.6. The molecule has 0 atom stereocenters. The molecule has 164 valence electrons. The molecule has 0 saturated carbocycles. The highest BCUT2D eigenvalue weighted by atomic mass is 19.4. The number of ether oxygens (including phenoxy) is 1. The summed E-state index contributed by atoms with van der Waals surface area (Å²) in [5.41, 5.74) is -2.46.